The van der Waals surface area contributed by atoms with Gasteiger partial charge >= 0.3 is 0 Å². The average Bonchev–Trinajstić information content (AvgIpc) is 3.15. The van der Waals surface area contributed by atoms with Crippen LogP contribution in [-0.4, -0.2) is 18.6 Å². The van der Waals surface area contributed by atoms with Crippen molar-refractivity contribution < 1.29 is 12.9 Å². The molecule has 1 saturated carbocycles. The maximum Gasteiger partial charge on any atom is 0.277 e. The molecule has 0 unspecified atom stereocenters. The molecule has 6 nitrogen and oxygen atoms in total. The number of aromatic nitrogens is 2. The summed E-state index contributed by atoms with van der Waals surface area (Å²) in [6.45, 7) is 1.69. The van der Waals surface area contributed by atoms with Crippen molar-refractivity contribution in [2.75, 3.05) is 4.72 Å². The third-order valence-corrected chi connectivity index (χ3v) is 5.54. The first kappa shape index (κ1) is 14.6. The van der Waals surface area contributed by atoms with E-state index in [1.165, 1.54) is 6.07 Å². The van der Waals surface area contributed by atoms with Crippen LogP contribution in [0.5, 0.6) is 0 Å². The molecule has 1 N–H and O–H groups in total. The fourth-order valence-corrected chi connectivity index (χ4v) is 3.95. The van der Waals surface area contributed by atoms with Gasteiger partial charge in [0.2, 0.25) is 5.89 Å². The molecule has 2 aromatic rings. The van der Waals surface area contributed by atoms with Crippen LogP contribution in [-0.2, 0) is 10.0 Å². The second kappa shape index (κ2) is 5.15. The minimum atomic E-state index is -3.99. The van der Waals surface area contributed by atoms with Gasteiger partial charge in [-0.05, 0) is 36.6 Å². The lowest BCUT2D eigenvalue weighted by Crippen LogP contribution is -2.15. The van der Waals surface area contributed by atoms with Crippen molar-refractivity contribution in [3.8, 4) is 0 Å². The zero-order valence-corrected chi connectivity index (χ0v) is 13.3. The summed E-state index contributed by atoms with van der Waals surface area (Å²) in [5.41, 5.74) is 0.605. The van der Waals surface area contributed by atoms with E-state index in [1.807, 2.05) is 0 Å². The first-order chi connectivity index (χ1) is 9.88. The predicted octanol–water partition coefficient (Wildman–Crippen LogP) is 3.36. The Kier molecular flexibility index (Phi) is 3.59. The highest BCUT2D eigenvalue weighted by atomic mass is 35.5. The Bertz CT molecular complexity index is 800. The Morgan fingerprint density at radius 2 is 2.05 bits per heavy atom. The molecule has 1 aromatic heterocycles. The average molecular weight is 348 g/mol. The molecule has 0 bridgehead atoms. The van der Waals surface area contributed by atoms with E-state index in [2.05, 4.69) is 14.9 Å². The van der Waals surface area contributed by atoms with Gasteiger partial charge in [-0.1, -0.05) is 29.3 Å². The Balaban J connectivity index is 1.94. The number of aryl methyl sites for hydroxylation is 1. The van der Waals surface area contributed by atoms with Gasteiger partial charge in [0.15, 0.2) is 0 Å². The maximum absolute atomic E-state index is 12.4. The van der Waals surface area contributed by atoms with Crippen molar-refractivity contribution in [1.29, 1.82) is 0 Å². The molecule has 21 heavy (non-hydrogen) atoms. The summed E-state index contributed by atoms with van der Waals surface area (Å²) in [7, 11) is -3.99. The Labute approximate surface area is 131 Å². The van der Waals surface area contributed by atoms with Crippen molar-refractivity contribution in [2.45, 2.75) is 30.6 Å². The van der Waals surface area contributed by atoms with Crippen molar-refractivity contribution >= 4 is 39.2 Å². The SMILES string of the molecule is Cc1ccc(Cl)c(S(=O)(=O)Nc2noc(C3CC3)n2)c1Cl. The molecule has 1 aromatic carbocycles. The van der Waals surface area contributed by atoms with Crippen LogP contribution in [0.3, 0.4) is 0 Å². The highest BCUT2D eigenvalue weighted by molar-refractivity contribution is 7.93. The van der Waals surface area contributed by atoms with E-state index in [0.29, 0.717) is 11.5 Å². The largest absolute Gasteiger partial charge is 0.337 e. The number of rotatable bonds is 4. The first-order valence-corrected chi connectivity index (χ1v) is 8.43. The number of hydrogen-bond donors (Lipinski definition) is 1. The van der Waals surface area contributed by atoms with Gasteiger partial charge in [0.05, 0.1) is 10.0 Å². The van der Waals surface area contributed by atoms with Gasteiger partial charge in [0, 0.05) is 5.92 Å². The van der Waals surface area contributed by atoms with Crippen LogP contribution in [0.4, 0.5) is 5.95 Å². The molecule has 0 spiro atoms. The van der Waals surface area contributed by atoms with Crippen molar-refractivity contribution in [2.24, 2.45) is 0 Å². The molecular formula is C12H11Cl2N3O3S. The number of nitrogens with zero attached hydrogens (tertiary/aromatic N) is 2. The van der Waals surface area contributed by atoms with E-state index in [-0.39, 0.29) is 26.8 Å². The molecule has 9 heteroatoms. The van der Waals surface area contributed by atoms with Crippen LogP contribution in [0, 0.1) is 6.92 Å². The molecule has 112 valence electrons. The molecule has 0 radical (unpaired) electrons. The lowest BCUT2D eigenvalue weighted by Gasteiger charge is -2.10. The van der Waals surface area contributed by atoms with Crippen LogP contribution in [0.15, 0.2) is 21.6 Å². The zero-order chi connectivity index (χ0) is 15.2. The smallest absolute Gasteiger partial charge is 0.277 e. The van der Waals surface area contributed by atoms with E-state index in [0.717, 1.165) is 12.8 Å². The molecule has 3 rings (SSSR count). The number of benzene rings is 1. The van der Waals surface area contributed by atoms with E-state index in [1.54, 1.807) is 13.0 Å². The Hall–Kier alpha value is -1.31. The predicted molar refractivity (Wildman–Crippen MR) is 78.3 cm³/mol. The highest BCUT2D eigenvalue weighted by Gasteiger charge is 2.31. The van der Waals surface area contributed by atoms with E-state index < -0.39 is 10.0 Å². The molecular weight excluding hydrogens is 337 g/mol. The minimum Gasteiger partial charge on any atom is -0.337 e. The van der Waals surface area contributed by atoms with Gasteiger partial charge < -0.3 is 4.52 Å². The normalized spacial score (nSPS) is 15.2. The summed E-state index contributed by atoms with van der Waals surface area (Å²) < 4.78 is 32.0. The summed E-state index contributed by atoms with van der Waals surface area (Å²) in [6.07, 6.45) is 1.95. The number of halogens is 2. The van der Waals surface area contributed by atoms with Gasteiger partial charge in [-0.2, -0.15) is 4.98 Å². The zero-order valence-electron chi connectivity index (χ0n) is 10.9. The quantitative estimate of drug-likeness (QED) is 0.916. The number of hydrogen-bond acceptors (Lipinski definition) is 5. The molecule has 1 heterocycles. The standard InChI is InChI=1S/C12H11Cl2N3O3S/c1-6-2-5-8(13)10(9(6)14)21(18,19)17-12-15-11(20-16-12)7-3-4-7/h2,5,7H,3-4H2,1H3,(H,16,17). The van der Waals surface area contributed by atoms with Crippen LogP contribution < -0.4 is 4.72 Å². The van der Waals surface area contributed by atoms with Gasteiger partial charge in [-0.15, -0.1) is 0 Å². The van der Waals surface area contributed by atoms with Gasteiger partial charge in [0.1, 0.15) is 4.90 Å². The number of nitrogens with one attached hydrogen (secondary N) is 1. The summed E-state index contributed by atoms with van der Waals surface area (Å²) in [4.78, 5) is 3.82. The van der Waals surface area contributed by atoms with E-state index in [9.17, 15) is 8.42 Å². The van der Waals surface area contributed by atoms with Crippen molar-refractivity contribution in [1.82, 2.24) is 10.1 Å². The third-order valence-electron chi connectivity index (χ3n) is 3.10. The fraction of sp³-hybridized carbons (Fsp3) is 0.333. The molecule has 1 aliphatic rings. The third kappa shape index (κ3) is 2.86. The van der Waals surface area contributed by atoms with Crippen molar-refractivity contribution in [3.63, 3.8) is 0 Å². The first-order valence-electron chi connectivity index (χ1n) is 6.19. The lowest BCUT2D eigenvalue weighted by molar-refractivity contribution is 0.380. The van der Waals surface area contributed by atoms with Crippen LogP contribution in [0.2, 0.25) is 10.0 Å². The van der Waals surface area contributed by atoms with Gasteiger partial charge in [-0.3, -0.25) is 0 Å². The Morgan fingerprint density at radius 3 is 2.71 bits per heavy atom. The molecule has 1 fully saturated rings. The highest BCUT2D eigenvalue weighted by Crippen LogP contribution is 2.39. The maximum atomic E-state index is 12.4. The van der Waals surface area contributed by atoms with Crippen molar-refractivity contribution in [3.05, 3.63) is 33.6 Å². The lowest BCUT2D eigenvalue weighted by atomic mass is 10.2. The second-order valence-corrected chi connectivity index (χ2v) is 7.25. The number of sulfonamides is 1. The monoisotopic (exact) mass is 347 g/mol. The summed E-state index contributed by atoms with van der Waals surface area (Å²) >= 11 is 12.0. The fourth-order valence-electron chi connectivity index (χ4n) is 1.82. The topological polar surface area (TPSA) is 85.1 Å². The van der Waals surface area contributed by atoms with Gasteiger partial charge in [-0.25, -0.2) is 13.1 Å². The number of anilines is 1. The van der Waals surface area contributed by atoms with E-state index >= 15 is 0 Å². The van der Waals surface area contributed by atoms with Gasteiger partial charge in [0.25, 0.3) is 16.0 Å². The van der Waals surface area contributed by atoms with Crippen LogP contribution >= 0.6 is 23.2 Å². The molecule has 0 atom stereocenters. The van der Waals surface area contributed by atoms with E-state index in [4.69, 9.17) is 27.7 Å². The molecule has 0 aliphatic heterocycles. The molecule has 0 saturated heterocycles. The summed E-state index contributed by atoms with van der Waals surface area (Å²) in [5, 5.41) is 3.71. The Morgan fingerprint density at radius 1 is 1.33 bits per heavy atom. The summed E-state index contributed by atoms with van der Waals surface area (Å²) in [5.74, 6) is 0.557. The van der Waals surface area contributed by atoms with Crippen LogP contribution in [0.25, 0.3) is 0 Å². The minimum absolute atomic E-state index is 0.0315. The van der Waals surface area contributed by atoms with Crippen LogP contribution in [0.1, 0.15) is 30.2 Å². The molecule has 1 aliphatic carbocycles. The summed E-state index contributed by atoms with van der Waals surface area (Å²) in [6, 6.07) is 3.12. The second-order valence-electron chi connectivity index (χ2n) is 4.84. The molecule has 0 amide bonds.